The van der Waals surface area contributed by atoms with Crippen LogP contribution in [-0.2, 0) is 0 Å². The molecule has 2 unspecified atom stereocenters. The van der Waals surface area contributed by atoms with E-state index in [9.17, 15) is 4.79 Å². The smallest absolute Gasteiger partial charge is 0.324 e. The van der Waals surface area contributed by atoms with Crippen molar-refractivity contribution in [2.45, 2.75) is 18.3 Å². The number of fused-ring (bicyclic) bond motifs is 1. The highest BCUT2D eigenvalue weighted by molar-refractivity contribution is 5.99. The monoisotopic (exact) mass is 463 g/mol. The number of hydrogen-bond donors (Lipinski definition) is 3. The molecular formula is C25H21N9O. The second kappa shape index (κ2) is 8.49. The minimum absolute atomic E-state index is 0.195. The lowest BCUT2D eigenvalue weighted by Gasteiger charge is -2.12. The molecule has 10 nitrogen and oxygen atoms in total. The molecule has 0 bridgehead atoms. The number of aromatic nitrogens is 6. The zero-order chi connectivity index (χ0) is 23.8. The average molecular weight is 464 g/mol. The van der Waals surface area contributed by atoms with Crippen LogP contribution in [0.2, 0.25) is 0 Å². The van der Waals surface area contributed by atoms with E-state index in [1.54, 1.807) is 16.8 Å². The zero-order valence-corrected chi connectivity index (χ0v) is 18.5. The fraction of sp³-hybridized carbons (Fsp3) is 0.120. The van der Waals surface area contributed by atoms with Crippen LogP contribution in [0.1, 0.15) is 29.5 Å². The molecule has 0 spiro atoms. The summed E-state index contributed by atoms with van der Waals surface area (Å²) in [6, 6.07) is 22.6. The number of carbonyl (C=O) groups excluding carboxylic acids is 1. The quantitative estimate of drug-likeness (QED) is 0.357. The molecule has 2 amide bonds. The number of carbonyl (C=O) groups is 1. The van der Waals surface area contributed by atoms with E-state index in [-0.39, 0.29) is 23.8 Å². The first-order valence-corrected chi connectivity index (χ1v) is 11.2. The Hall–Kier alpha value is -4.86. The first-order chi connectivity index (χ1) is 17.2. The minimum Gasteiger partial charge on any atom is -0.366 e. The summed E-state index contributed by atoms with van der Waals surface area (Å²) in [5.74, 6) is 1.50. The number of para-hydroxylation sites is 1. The molecule has 2 atom stereocenters. The third kappa shape index (κ3) is 4.12. The van der Waals surface area contributed by atoms with Gasteiger partial charge in [-0.15, -0.1) is 15.3 Å². The van der Waals surface area contributed by atoms with Crippen molar-refractivity contribution in [3.8, 4) is 11.3 Å². The lowest BCUT2D eigenvalue weighted by molar-refractivity contribution is 0.262. The molecule has 0 aliphatic heterocycles. The Balaban J connectivity index is 1.16. The van der Waals surface area contributed by atoms with Crippen molar-refractivity contribution in [3.05, 3.63) is 90.3 Å². The van der Waals surface area contributed by atoms with E-state index < -0.39 is 0 Å². The molecule has 6 rings (SSSR count). The first-order valence-electron chi connectivity index (χ1n) is 11.2. The number of rotatable bonds is 5. The van der Waals surface area contributed by atoms with Crippen LogP contribution < -0.4 is 16.4 Å². The van der Waals surface area contributed by atoms with Crippen molar-refractivity contribution in [3.63, 3.8) is 0 Å². The molecule has 0 radical (unpaired) electrons. The fourth-order valence-corrected chi connectivity index (χ4v) is 4.34. The van der Waals surface area contributed by atoms with Crippen LogP contribution in [-0.4, -0.2) is 35.8 Å². The van der Waals surface area contributed by atoms with Gasteiger partial charge in [0.2, 0.25) is 5.95 Å². The van der Waals surface area contributed by atoms with E-state index in [4.69, 9.17) is 5.73 Å². The number of hydrogen-bond acceptors (Lipinski definition) is 7. The third-order valence-electron chi connectivity index (χ3n) is 6.04. The Kier molecular flexibility index (Phi) is 5.03. The molecule has 1 saturated carbocycles. The molecule has 172 valence electrons. The van der Waals surface area contributed by atoms with Crippen LogP contribution in [0.15, 0.2) is 79.0 Å². The molecule has 4 N–H and O–H groups in total. The van der Waals surface area contributed by atoms with Gasteiger partial charge in [0.05, 0.1) is 11.4 Å². The summed E-state index contributed by atoms with van der Waals surface area (Å²) in [6.45, 7) is 0. The third-order valence-corrected chi connectivity index (χ3v) is 6.04. The van der Waals surface area contributed by atoms with Gasteiger partial charge in [-0.3, -0.25) is 5.32 Å². The van der Waals surface area contributed by atoms with E-state index in [2.05, 4.69) is 35.9 Å². The van der Waals surface area contributed by atoms with Crippen LogP contribution in [0.3, 0.4) is 0 Å². The van der Waals surface area contributed by atoms with Crippen LogP contribution in [0.5, 0.6) is 0 Å². The summed E-state index contributed by atoms with van der Waals surface area (Å²) in [5, 5.41) is 18.3. The van der Waals surface area contributed by atoms with Crippen molar-refractivity contribution in [2.75, 3.05) is 16.4 Å². The molecule has 3 heterocycles. The Morgan fingerprint density at radius 1 is 0.914 bits per heavy atom. The largest absolute Gasteiger partial charge is 0.366 e. The maximum atomic E-state index is 12.7. The van der Waals surface area contributed by atoms with Crippen molar-refractivity contribution in [1.82, 2.24) is 29.8 Å². The standard InChI is InChI=1S/C25H21N9O/c26-23-30-24-27-13-12-21(34(24)33-23)18-14-17(18)16-8-4-5-9-20(16)28-25(35)29-22-11-10-19(31-32-22)15-6-2-1-3-7-15/h1-13,17-18H,14H2,(H2,26,33)(H2,28,29,32,35). The Morgan fingerprint density at radius 3 is 2.57 bits per heavy atom. The number of nitrogen functional groups attached to an aromatic ring is 1. The number of nitrogens with two attached hydrogens (primary N) is 1. The van der Waals surface area contributed by atoms with Crippen LogP contribution in [0.25, 0.3) is 17.0 Å². The van der Waals surface area contributed by atoms with Crippen LogP contribution >= 0.6 is 0 Å². The van der Waals surface area contributed by atoms with Crippen molar-refractivity contribution >= 4 is 29.3 Å². The van der Waals surface area contributed by atoms with Gasteiger partial charge in [-0.25, -0.2) is 9.78 Å². The molecule has 1 aliphatic rings. The highest BCUT2D eigenvalue weighted by Crippen LogP contribution is 2.56. The van der Waals surface area contributed by atoms with Crippen LogP contribution in [0.4, 0.5) is 22.2 Å². The summed E-state index contributed by atoms with van der Waals surface area (Å²) in [6.07, 6.45) is 2.64. The topological polar surface area (TPSA) is 136 Å². The molecule has 5 aromatic rings. The molecule has 0 saturated heterocycles. The van der Waals surface area contributed by atoms with Gasteiger partial charge in [0.1, 0.15) is 0 Å². The van der Waals surface area contributed by atoms with Crippen molar-refractivity contribution < 1.29 is 4.79 Å². The van der Waals surface area contributed by atoms with Gasteiger partial charge in [-0.2, -0.15) is 9.50 Å². The van der Waals surface area contributed by atoms with Crippen molar-refractivity contribution in [2.24, 2.45) is 0 Å². The fourth-order valence-electron chi connectivity index (χ4n) is 4.34. The van der Waals surface area contributed by atoms with Gasteiger partial charge in [-0.1, -0.05) is 48.5 Å². The van der Waals surface area contributed by atoms with Gasteiger partial charge in [-0.05, 0) is 42.2 Å². The molecule has 1 fully saturated rings. The summed E-state index contributed by atoms with van der Waals surface area (Å²) in [4.78, 5) is 21.1. The maximum Gasteiger partial charge on any atom is 0.324 e. The van der Waals surface area contributed by atoms with Gasteiger partial charge in [0.25, 0.3) is 5.78 Å². The van der Waals surface area contributed by atoms with E-state index in [1.165, 1.54) is 0 Å². The Labute approximate surface area is 200 Å². The SMILES string of the molecule is Nc1nc2nccc(C3CC3c3ccccc3NC(=O)Nc3ccc(-c4ccccc4)nn3)n2n1. The number of nitrogens with one attached hydrogen (secondary N) is 2. The minimum atomic E-state index is -0.383. The predicted octanol–water partition coefficient (Wildman–Crippen LogP) is 4.08. The van der Waals surface area contributed by atoms with E-state index in [1.807, 2.05) is 66.7 Å². The number of benzene rings is 2. The lowest BCUT2D eigenvalue weighted by Crippen LogP contribution is -2.21. The van der Waals surface area contributed by atoms with Gasteiger partial charge >= 0.3 is 6.03 Å². The number of amides is 2. The van der Waals surface area contributed by atoms with E-state index in [0.717, 1.165) is 34.6 Å². The maximum absolute atomic E-state index is 12.7. The summed E-state index contributed by atoms with van der Waals surface area (Å²) in [5.41, 5.74) is 10.3. The molecule has 3 aromatic heterocycles. The Bertz CT molecular complexity index is 1520. The second-order valence-electron chi connectivity index (χ2n) is 8.34. The molecule has 10 heteroatoms. The number of nitrogens with zero attached hydrogens (tertiary/aromatic N) is 6. The number of urea groups is 1. The lowest BCUT2D eigenvalue weighted by atomic mass is 10.1. The zero-order valence-electron chi connectivity index (χ0n) is 18.5. The van der Waals surface area contributed by atoms with Gasteiger partial charge in [0, 0.05) is 23.4 Å². The number of anilines is 3. The van der Waals surface area contributed by atoms with E-state index >= 15 is 0 Å². The molecule has 1 aliphatic carbocycles. The first kappa shape index (κ1) is 20.7. The van der Waals surface area contributed by atoms with E-state index in [0.29, 0.717) is 11.6 Å². The summed E-state index contributed by atoms with van der Waals surface area (Å²) in [7, 11) is 0. The highest BCUT2D eigenvalue weighted by atomic mass is 16.2. The average Bonchev–Trinajstić information content (AvgIpc) is 3.57. The molecule has 2 aromatic carbocycles. The summed E-state index contributed by atoms with van der Waals surface area (Å²) < 4.78 is 1.69. The molecular weight excluding hydrogens is 442 g/mol. The molecule has 35 heavy (non-hydrogen) atoms. The second-order valence-corrected chi connectivity index (χ2v) is 8.34. The highest BCUT2D eigenvalue weighted by Gasteiger charge is 2.42. The van der Waals surface area contributed by atoms with Gasteiger partial charge in [0.15, 0.2) is 5.82 Å². The van der Waals surface area contributed by atoms with Gasteiger partial charge < -0.3 is 11.1 Å². The van der Waals surface area contributed by atoms with Crippen LogP contribution in [0, 0.1) is 0 Å². The normalized spacial score (nSPS) is 16.7. The van der Waals surface area contributed by atoms with Crippen molar-refractivity contribution in [1.29, 1.82) is 0 Å². The summed E-state index contributed by atoms with van der Waals surface area (Å²) >= 11 is 0. The Morgan fingerprint density at radius 2 is 1.74 bits per heavy atom. The predicted molar refractivity (Wildman–Crippen MR) is 132 cm³/mol.